The van der Waals surface area contributed by atoms with Crippen molar-refractivity contribution in [3.05, 3.63) is 29.8 Å². The molecule has 0 spiro atoms. The normalized spacial score (nSPS) is 27.4. The third-order valence-corrected chi connectivity index (χ3v) is 5.43. The fourth-order valence-corrected chi connectivity index (χ4v) is 3.91. The summed E-state index contributed by atoms with van der Waals surface area (Å²) in [5.74, 6) is 0. The van der Waals surface area contributed by atoms with E-state index in [1.807, 2.05) is 11.0 Å². The predicted octanol–water partition coefficient (Wildman–Crippen LogP) is 2.73. The van der Waals surface area contributed by atoms with E-state index in [1.54, 1.807) is 0 Å². The lowest BCUT2D eigenvalue weighted by atomic mass is 9.93. The summed E-state index contributed by atoms with van der Waals surface area (Å²) in [6.45, 7) is 3.65. The van der Waals surface area contributed by atoms with E-state index >= 15 is 0 Å². The second-order valence-corrected chi connectivity index (χ2v) is 7.15. The highest BCUT2D eigenvalue weighted by atomic mass is 16.3. The summed E-state index contributed by atoms with van der Waals surface area (Å²) in [7, 11) is 2.10. The standard InChI is InChI=1S/C19H29N3O2/c1-3-16-13-21(2)18-7-5-4-6-14(18)12-22(16)19(24)20-15-8-10-17(23)11-9-15/h4-7,15-17,23H,3,8-13H2,1-2H3,(H,20,24). The van der Waals surface area contributed by atoms with Gasteiger partial charge in [0.25, 0.3) is 0 Å². The minimum atomic E-state index is -0.194. The van der Waals surface area contributed by atoms with Crippen LogP contribution in [0.15, 0.2) is 24.3 Å². The van der Waals surface area contributed by atoms with E-state index in [2.05, 4.69) is 42.4 Å². The lowest BCUT2D eigenvalue weighted by Gasteiger charge is -2.33. The highest BCUT2D eigenvalue weighted by molar-refractivity contribution is 5.76. The van der Waals surface area contributed by atoms with Gasteiger partial charge in [-0.15, -0.1) is 0 Å². The van der Waals surface area contributed by atoms with Crippen LogP contribution in [0.1, 0.15) is 44.6 Å². The molecule has 1 aromatic carbocycles. The molecule has 0 saturated heterocycles. The number of amides is 2. The Hall–Kier alpha value is -1.75. The van der Waals surface area contributed by atoms with Crippen molar-refractivity contribution in [2.24, 2.45) is 0 Å². The minimum absolute atomic E-state index is 0.0355. The highest BCUT2D eigenvalue weighted by Gasteiger charge is 2.30. The Kier molecular flexibility index (Phi) is 5.29. The first kappa shape index (κ1) is 17.1. The Bertz CT molecular complexity index is 569. The molecule has 1 atom stereocenters. The number of anilines is 1. The summed E-state index contributed by atoms with van der Waals surface area (Å²) in [5, 5.41) is 12.8. The number of fused-ring (bicyclic) bond motifs is 1. The van der Waals surface area contributed by atoms with E-state index in [0.717, 1.165) is 38.6 Å². The van der Waals surface area contributed by atoms with Crippen LogP contribution in [0.3, 0.4) is 0 Å². The van der Waals surface area contributed by atoms with Crippen LogP contribution in [0.2, 0.25) is 0 Å². The van der Waals surface area contributed by atoms with Crippen molar-refractivity contribution < 1.29 is 9.90 Å². The maximum atomic E-state index is 12.9. The molecule has 1 unspecified atom stereocenters. The van der Waals surface area contributed by atoms with Crippen molar-refractivity contribution in [1.29, 1.82) is 0 Å². The average Bonchev–Trinajstić information content (AvgIpc) is 2.74. The molecule has 132 valence electrons. The fourth-order valence-electron chi connectivity index (χ4n) is 3.91. The van der Waals surface area contributed by atoms with Crippen molar-refractivity contribution in [2.45, 2.75) is 63.8 Å². The first-order valence-corrected chi connectivity index (χ1v) is 9.12. The Morgan fingerprint density at radius 3 is 2.67 bits per heavy atom. The van der Waals surface area contributed by atoms with Crippen molar-refractivity contribution in [2.75, 3.05) is 18.5 Å². The number of carbonyl (C=O) groups is 1. The number of urea groups is 1. The quantitative estimate of drug-likeness (QED) is 0.876. The second-order valence-electron chi connectivity index (χ2n) is 7.15. The Labute approximate surface area is 144 Å². The van der Waals surface area contributed by atoms with Crippen molar-refractivity contribution in [1.82, 2.24) is 10.2 Å². The van der Waals surface area contributed by atoms with Gasteiger partial charge < -0.3 is 20.2 Å². The number of likely N-dealkylation sites (N-methyl/N-ethyl adjacent to an activating group) is 1. The van der Waals surface area contributed by atoms with Gasteiger partial charge in [-0.1, -0.05) is 25.1 Å². The van der Waals surface area contributed by atoms with Gasteiger partial charge >= 0.3 is 6.03 Å². The molecule has 1 aromatic rings. The molecule has 0 bridgehead atoms. The molecular formula is C19H29N3O2. The van der Waals surface area contributed by atoms with Gasteiger partial charge in [-0.05, 0) is 43.7 Å². The minimum Gasteiger partial charge on any atom is -0.393 e. The molecule has 3 rings (SSSR count). The number of hydrogen-bond acceptors (Lipinski definition) is 3. The van der Waals surface area contributed by atoms with Crippen molar-refractivity contribution in [3.63, 3.8) is 0 Å². The summed E-state index contributed by atoms with van der Waals surface area (Å²) in [6.07, 6.45) is 4.05. The Morgan fingerprint density at radius 2 is 1.96 bits per heavy atom. The van der Waals surface area contributed by atoms with Crippen LogP contribution in [-0.4, -0.2) is 47.8 Å². The molecule has 1 heterocycles. The molecule has 2 amide bonds. The molecule has 0 aromatic heterocycles. The number of benzene rings is 1. The number of aliphatic hydroxyl groups excluding tert-OH is 1. The van der Waals surface area contributed by atoms with Crippen LogP contribution in [0.4, 0.5) is 10.5 Å². The van der Waals surface area contributed by atoms with E-state index < -0.39 is 0 Å². The second kappa shape index (κ2) is 7.43. The molecular weight excluding hydrogens is 302 g/mol. The number of nitrogens with zero attached hydrogens (tertiary/aromatic N) is 2. The van der Waals surface area contributed by atoms with E-state index in [0.29, 0.717) is 6.54 Å². The first-order chi connectivity index (χ1) is 11.6. The van der Waals surface area contributed by atoms with Crippen molar-refractivity contribution >= 4 is 11.7 Å². The van der Waals surface area contributed by atoms with Crippen LogP contribution >= 0.6 is 0 Å². The summed E-state index contributed by atoms with van der Waals surface area (Å²) in [6, 6.07) is 8.77. The van der Waals surface area contributed by atoms with Gasteiger partial charge in [0.15, 0.2) is 0 Å². The average molecular weight is 331 g/mol. The summed E-state index contributed by atoms with van der Waals surface area (Å²) >= 11 is 0. The molecule has 1 aliphatic heterocycles. The largest absolute Gasteiger partial charge is 0.393 e. The number of hydrogen-bond donors (Lipinski definition) is 2. The number of carbonyl (C=O) groups excluding carboxylic acids is 1. The van der Waals surface area contributed by atoms with Gasteiger partial charge in [0.2, 0.25) is 0 Å². The lowest BCUT2D eigenvalue weighted by molar-refractivity contribution is 0.113. The molecule has 1 saturated carbocycles. The number of aliphatic hydroxyl groups is 1. The number of rotatable bonds is 2. The summed E-state index contributed by atoms with van der Waals surface area (Å²) < 4.78 is 0. The lowest BCUT2D eigenvalue weighted by Crippen LogP contribution is -2.51. The molecule has 1 fully saturated rings. The summed E-state index contributed by atoms with van der Waals surface area (Å²) in [4.78, 5) is 17.2. The monoisotopic (exact) mass is 331 g/mol. The fraction of sp³-hybridized carbons (Fsp3) is 0.632. The van der Waals surface area contributed by atoms with Crippen LogP contribution in [0, 0.1) is 0 Å². The van der Waals surface area contributed by atoms with E-state index in [-0.39, 0.29) is 24.2 Å². The first-order valence-electron chi connectivity index (χ1n) is 9.12. The molecule has 0 radical (unpaired) electrons. The number of nitrogens with one attached hydrogen (secondary N) is 1. The Balaban J connectivity index is 1.73. The third-order valence-electron chi connectivity index (χ3n) is 5.43. The van der Waals surface area contributed by atoms with Crippen LogP contribution in [0.25, 0.3) is 0 Å². The van der Waals surface area contributed by atoms with Gasteiger partial charge in [-0.2, -0.15) is 0 Å². The van der Waals surface area contributed by atoms with E-state index in [4.69, 9.17) is 0 Å². The van der Waals surface area contributed by atoms with Gasteiger partial charge in [-0.3, -0.25) is 0 Å². The van der Waals surface area contributed by atoms with Gasteiger partial charge in [0.05, 0.1) is 12.1 Å². The van der Waals surface area contributed by atoms with E-state index in [1.165, 1.54) is 11.3 Å². The molecule has 2 N–H and O–H groups in total. The third kappa shape index (κ3) is 3.66. The highest BCUT2D eigenvalue weighted by Crippen LogP contribution is 2.27. The zero-order valence-electron chi connectivity index (χ0n) is 14.7. The topological polar surface area (TPSA) is 55.8 Å². The van der Waals surface area contributed by atoms with Gasteiger partial charge in [0, 0.05) is 31.9 Å². The van der Waals surface area contributed by atoms with Gasteiger partial charge in [0.1, 0.15) is 0 Å². The molecule has 1 aliphatic carbocycles. The molecule has 24 heavy (non-hydrogen) atoms. The van der Waals surface area contributed by atoms with Crippen LogP contribution in [0.5, 0.6) is 0 Å². The smallest absolute Gasteiger partial charge is 0.318 e. The molecule has 5 nitrogen and oxygen atoms in total. The maximum Gasteiger partial charge on any atom is 0.318 e. The van der Waals surface area contributed by atoms with Crippen LogP contribution in [-0.2, 0) is 6.54 Å². The maximum absolute atomic E-state index is 12.9. The number of para-hydroxylation sites is 1. The van der Waals surface area contributed by atoms with E-state index in [9.17, 15) is 9.90 Å². The Morgan fingerprint density at radius 1 is 1.25 bits per heavy atom. The van der Waals surface area contributed by atoms with Crippen LogP contribution < -0.4 is 10.2 Å². The van der Waals surface area contributed by atoms with Gasteiger partial charge in [-0.25, -0.2) is 4.79 Å². The van der Waals surface area contributed by atoms with Crippen molar-refractivity contribution in [3.8, 4) is 0 Å². The zero-order chi connectivity index (χ0) is 17.1. The summed E-state index contributed by atoms with van der Waals surface area (Å²) in [5.41, 5.74) is 2.41. The molecule has 5 heteroatoms. The molecule has 2 aliphatic rings. The predicted molar refractivity (Wildman–Crippen MR) is 96.1 cm³/mol. The zero-order valence-corrected chi connectivity index (χ0v) is 14.7. The SMILES string of the molecule is CCC1CN(C)c2ccccc2CN1C(=O)NC1CCC(O)CC1.